The van der Waals surface area contributed by atoms with Gasteiger partial charge in [0.25, 0.3) is 0 Å². The molecule has 1 aromatic carbocycles. The molecule has 2 nitrogen and oxygen atoms in total. The summed E-state index contributed by atoms with van der Waals surface area (Å²) >= 11 is 0. The molecule has 78 valence electrons. The molecule has 1 rings (SSSR count). The highest BCUT2D eigenvalue weighted by Gasteiger charge is 2.09. The number of nitrogens with one attached hydrogen (secondary N) is 1. The SMILES string of the molecule is CNCC(COC)c1ccc(C)cc1. The number of likely N-dealkylation sites (N-methyl/N-ethyl adjacent to an activating group) is 1. The molecular formula is C12H19NO. The van der Waals surface area contributed by atoms with E-state index in [-0.39, 0.29) is 0 Å². The largest absolute Gasteiger partial charge is 0.384 e. The van der Waals surface area contributed by atoms with Gasteiger partial charge in [-0.2, -0.15) is 0 Å². The van der Waals surface area contributed by atoms with E-state index in [4.69, 9.17) is 4.74 Å². The Hall–Kier alpha value is -0.860. The van der Waals surface area contributed by atoms with Gasteiger partial charge >= 0.3 is 0 Å². The lowest BCUT2D eigenvalue weighted by molar-refractivity contribution is 0.178. The molecule has 0 saturated carbocycles. The second-order valence-electron chi connectivity index (χ2n) is 3.62. The van der Waals surface area contributed by atoms with Crippen molar-refractivity contribution in [3.63, 3.8) is 0 Å². The Morgan fingerprint density at radius 3 is 2.43 bits per heavy atom. The van der Waals surface area contributed by atoms with Crippen LogP contribution in [-0.2, 0) is 4.74 Å². The van der Waals surface area contributed by atoms with Crippen LogP contribution >= 0.6 is 0 Å². The second-order valence-corrected chi connectivity index (χ2v) is 3.62. The summed E-state index contributed by atoms with van der Waals surface area (Å²) in [5.41, 5.74) is 2.64. The maximum atomic E-state index is 5.20. The van der Waals surface area contributed by atoms with Crippen molar-refractivity contribution in [3.05, 3.63) is 35.4 Å². The first-order valence-corrected chi connectivity index (χ1v) is 4.98. The van der Waals surface area contributed by atoms with Crippen LogP contribution in [0.3, 0.4) is 0 Å². The molecule has 0 bridgehead atoms. The fourth-order valence-corrected chi connectivity index (χ4v) is 1.56. The molecule has 1 N–H and O–H groups in total. The van der Waals surface area contributed by atoms with Gasteiger partial charge in [0.2, 0.25) is 0 Å². The van der Waals surface area contributed by atoms with Crippen LogP contribution in [0.4, 0.5) is 0 Å². The minimum atomic E-state index is 0.450. The molecule has 0 spiro atoms. The summed E-state index contributed by atoms with van der Waals surface area (Å²) in [6.45, 7) is 3.83. The third-order valence-corrected chi connectivity index (χ3v) is 2.37. The van der Waals surface area contributed by atoms with Gasteiger partial charge in [0, 0.05) is 19.6 Å². The van der Waals surface area contributed by atoms with Crippen LogP contribution < -0.4 is 5.32 Å². The maximum absolute atomic E-state index is 5.20. The molecule has 0 saturated heterocycles. The first-order chi connectivity index (χ1) is 6.77. The number of ether oxygens (including phenoxy) is 1. The Balaban J connectivity index is 2.71. The van der Waals surface area contributed by atoms with Crippen LogP contribution in [0.5, 0.6) is 0 Å². The lowest BCUT2D eigenvalue weighted by Gasteiger charge is -2.16. The molecule has 0 fully saturated rings. The molecule has 1 aromatic rings. The Bertz CT molecular complexity index is 250. The Morgan fingerprint density at radius 2 is 1.93 bits per heavy atom. The van der Waals surface area contributed by atoms with Crippen molar-refractivity contribution in [2.24, 2.45) is 0 Å². The van der Waals surface area contributed by atoms with Gasteiger partial charge in [-0.25, -0.2) is 0 Å². The van der Waals surface area contributed by atoms with Crippen LogP contribution in [0.15, 0.2) is 24.3 Å². The molecule has 0 heterocycles. The van der Waals surface area contributed by atoms with Gasteiger partial charge in [-0.05, 0) is 19.5 Å². The summed E-state index contributed by atoms with van der Waals surface area (Å²) in [5, 5.41) is 3.19. The molecule has 0 aliphatic rings. The van der Waals surface area contributed by atoms with E-state index in [1.807, 2.05) is 7.05 Å². The van der Waals surface area contributed by atoms with Crippen LogP contribution in [0.2, 0.25) is 0 Å². The smallest absolute Gasteiger partial charge is 0.0543 e. The van der Waals surface area contributed by atoms with Crippen molar-refractivity contribution in [2.45, 2.75) is 12.8 Å². The first kappa shape index (κ1) is 11.2. The lowest BCUT2D eigenvalue weighted by atomic mass is 9.99. The van der Waals surface area contributed by atoms with Crippen molar-refractivity contribution in [1.82, 2.24) is 5.32 Å². The summed E-state index contributed by atoms with van der Waals surface area (Å²) in [6.07, 6.45) is 0. The number of hydrogen-bond donors (Lipinski definition) is 1. The molecule has 1 atom stereocenters. The Morgan fingerprint density at radius 1 is 1.29 bits per heavy atom. The van der Waals surface area contributed by atoms with Crippen LogP contribution in [0.1, 0.15) is 17.0 Å². The summed E-state index contributed by atoms with van der Waals surface area (Å²) < 4.78 is 5.20. The summed E-state index contributed by atoms with van der Waals surface area (Å²) in [6, 6.07) is 8.65. The predicted octanol–water partition coefficient (Wildman–Crippen LogP) is 1.94. The van der Waals surface area contributed by atoms with E-state index in [2.05, 4.69) is 36.5 Å². The Kier molecular flexibility index (Phi) is 4.63. The molecule has 1 unspecified atom stereocenters. The van der Waals surface area contributed by atoms with Gasteiger partial charge in [0.1, 0.15) is 0 Å². The average Bonchev–Trinajstić information content (AvgIpc) is 2.19. The fourth-order valence-electron chi connectivity index (χ4n) is 1.56. The van der Waals surface area contributed by atoms with Crippen molar-refractivity contribution in [2.75, 3.05) is 27.3 Å². The predicted molar refractivity (Wildman–Crippen MR) is 59.7 cm³/mol. The minimum Gasteiger partial charge on any atom is -0.384 e. The average molecular weight is 193 g/mol. The van der Waals surface area contributed by atoms with Crippen LogP contribution in [0.25, 0.3) is 0 Å². The van der Waals surface area contributed by atoms with Crippen LogP contribution in [0, 0.1) is 6.92 Å². The topological polar surface area (TPSA) is 21.3 Å². The summed E-state index contributed by atoms with van der Waals surface area (Å²) in [5.74, 6) is 0.450. The fraction of sp³-hybridized carbons (Fsp3) is 0.500. The molecule has 0 aliphatic carbocycles. The summed E-state index contributed by atoms with van der Waals surface area (Å²) in [4.78, 5) is 0. The van der Waals surface area contributed by atoms with Gasteiger partial charge in [-0.3, -0.25) is 0 Å². The number of benzene rings is 1. The number of rotatable bonds is 5. The van der Waals surface area contributed by atoms with E-state index in [1.165, 1.54) is 11.1 Å². The van der Waals surface area contributed by atoms with E-state index < -0.39 is 0 Å². The minimum absolute atomic E-state index is 0.450. The van der Waals surface area contributed by atoms with E-state index in [0.29, 0.717) is 5.92 Å². The van der Waals surface area contributed by atoms with E-state index in [0.717, 1.165) is 13.2 Å². The first-order valence-electron chi connectivity index (χ1n) is 4.98. The molecule has 0 radical (unpaired) electrons. The van der Waals surface area contributed by atoms with Gasteiger partial charge in [-0.15, -0.1) is 0 Å². The van der Waals surface area contributed by atoms with Gasteiger partial charge in [-0.1, -0.05) is 29.8 Å². The molecule has 2 heteroatoms. The highest BCUT2D eigenvalue weighted by Crippen LogP contribution is 2.15. The Labute approximate surface area is 86.3 Å². The molecule has 14 heavy (non-hydrogen) atoms. The van der Waals surface area contributed by atoms with E-state index in [1.54, 1.807) is 7.11 Å². The highest BCUT2D eigenvalue weighted by atomic mass is 16.5. The van der Waals surface area contributed by atoms with Gasteiger partial charge in [0.05, 0.1) is 6.61 Å². The number of methoxy groups -OCH3 is 1. The van der Waals surface area contributed by atoms with Gasteiger partial charge in [0.15, 0.2) is 0 Å². The van der Waals surface area contributed by atoms with E-state index in [9.17, 15) is 0 Å². The normalized spacial score (nSPS) is 12.8. The maximum Gasteiger partial charge on any atom is 0.0543 e. The van der Waals surface area contributed by atoms with Gasteiger partial charge < -0.3 is 10.1 Å². The van der Waals surface area contributed by atoms with Crippen molar-refractivity contribution in [1.29, 1.82) is 0 Å². The van der Waals surface area contributed by atoms with Crippen molar-refractivity contribution < 1.29 is 4.74 Å². The van der Waals surface area contributed by atoms with E-state index >= 15 is 0 Å². The molecule has 0 aromatic heterocycles. The standard InChI is InChI=1S/C12H19NO/c1-10-4-6-11(7-5-10)12(8-13-2)9-14-3/h4-7,12-13H,8-9H2,1-3H3. The number of hydrogen-bond acceptors (Lipinski definition) is 2. The zero-order chi connectivity index (χ0) is 10.4. The lowest BCUT2D eigenvalue weighted by Crippen LogP contribution is -2.20. The number of aryl methyl sites for hydroxylation is 1. The summed E-state index contributed by atoms with van der Waals surface area (Å²) in [7, 11) is 3.72. The molecule has 0 amide bonds. The zero-order valence-electron chi connectivity index (χ0n) is 9.21. The molecule has 0 aliphatic heterocycles. The second kappa shape index (κ2) is 5.78. The third-order valence-electron chi connectivity index (χ3n) is 2.37. The monoisotopic (exact) mass is 193 g/mol. The third kappa shape index (κ3) is 3.13. The quantitative estimate of drug-likeness (QED) is 0.771. The zero-order valence-corrected chi connectivity index (χ0v) is 9.21. The molecular weight excluding hydrogens is 174 g/mol. The van der Waals surface area contributed by atoms with Crippen molar-refractivity contribution >= 4 is 0 Å². The highest BCUT2D eigenvalue weighted by molar-refractivity contribution is 5.24. The van der Waals surface area contributed by atoms with Crippen molar-refractivity contribution in [3.8, 4) is 0 Å². The van der Waals surface area contributed by atoms with Crippen LogP contribution in [-0.4, -0.2) is 27.3 Å².